The van der Waals surface area contributed by atoms with E-state index in [1.165, 1.54) is 0 Å². The lowest BCUT2D eigenvalue weighted by Gasteiger charge is -2.28. The Labute approximate surface area is 77.9 Å². The molecule has 0 radical (unpaired) electrons. The van der Waals surface area contributed by atoms with Gasteiger partial charge in [-0.25, -0.2) is 0 Å². The van der Waals surface area contributed by atoms with Crippen molar-refractivity contribution in [2.45, 2.75) is 12.5 Å². The van der Waals surface area contributed by atoms with Gasteiger partial charge in [-0.15, -0.1) is 0 Å². The molecule has 2 N–H and O–H groups in total. The average Bonchev–Trinajstić information content (AvgIpc) is 1.81. The minimum Gasteiger partial charge on any atom is -0.481 e. The Morgan fingerprint density at radius 1 is 1.54 bits per heavy atom. The highest BCUT2D eigenvalue weighted by atomic mass is 16.4. The van der Waals surface area contributed by atoms with E-state index < -0.39 is 5.97 Å². The second kappa shape index (κ2) is 4.81. The van der Waals surface area contributed by atoms with Crippen LogP contribution in [0.2, 0.25) is 0 Å². The van der Waals surface area contributed by atoms with Crippen LogP contribution in [0.5, 0.6) is 0 Å². The number of nitrogens with zero attached hydrogens (tertiary/aromatic N) is 1. The number of hydrogen-bond acceptors (Lipinski definition) is 2. The Morgan fingerprint density at radius 2 is 2.08 bits per heavy atom. The largest absolute Gasteiger partial charge is 0.481 e. The third-order valence-corrected chi connectivity index (χ3v) is 1.49. The molecule has 0 spiro atoms. The molecule has 0 heterocycles. The van der Waals surface area contributed by atoms with Gasteiger partial charge in [0.2, 0.25) is 6.41 Å². The van der Waals surface area contributed by atoms with Gasteiger partial charge < -0.3 is 14.9 Å². The second-order valence-electron chi connectivity index (χ2n) is 4.05. The molecule has 0 unspecified atom stereocenters. The first-order chi connectivity index (χ1) is 5.85. The smallest absolute Gasteiger partial charge is 0.305 e. The summed E-state index contributed by atoms with van der Waals surface area (Å²) in [6.45, 7) is 0.602. The van der Waals surface area contributed by atoms with Gasteiger partial charge in [0, 0.05) is 0 Å². The molecule has 0 aliphatic rings. The van der Waals surface area contributed by atoms with Crippen molar-refractivity contribution in [3.8, 4) is 0 Å². The van der Waals surface area contributed by atoms with E-state index in [-0.39, 0.29) is 12.5 Å². The van der Waals surface area contributed by atoms with Gasteiger partial charge in [0.25, 0.3) is 0 Å². The SMILES string of the molecule is C[N+](C)(C)C[C@H](CC(=O)O)NC=O. The Balaban J connectivity index is 4.09. The third-order valence-electron chi connectivity index (χ3n) is 1.49. The van der Waals surface area contributed by atoms with Crippen molar-refractivity contribution in [2.75, 3.05) is 27.7 Å². The molecule has 0 saturated heterocycles. The number of carbonyl (C=O) groups is 2. The molecule has 0 fully saturated rings. The number of likely N-dealkylation sites (N-methyl/N-ethyl adjacent to an activating group) is 1. The molecule has 0 aliphatic carbocycles. The monoisotopic (exact) mass is 189 g/mol. The Morgan fingerprint density at radius 3 is 2.38 bits per heavy atom. The summed E-state index contributed by atoms with van der Waals surface area (Å²) in [4.78, 5) is 20.6. The molecule has 1 amide bonds. The van der Waals surface area contributed by atoms with E-state index in [9.17, 15) is 9.59 Å². The average molecular weight is 189 g/mol. The first-order valence-electron chi connectivity index (χ1n) is 4.07. The van der Waals surface area contributed by atoms with Crippen LogP contribution >= 0.6 is 0 Å². The zero-order valence-corrected chi connectivity index (χ0v) is 8.28. The van der Waals surface area contributed by atoms with Crippen molar-refractivity contribution in [2.24, 2.45) is 0 Å². The highest BCUT2D eigenvalue weighted by Crippen LogP contribution is 1.98. The number of carboxylic acids is 1. The van der Waals surface area contributed by atoms with Crippen LogP contribution in [0.15, 0.2) is 0 Å². The van der Waals surface area contributed by atoms with Crippen LogP contribution in [-0.4, -0.2) is 55.7 Å². The molecule has 0 aromatic heterocycles. The number of nitrogens with one attached hydrogen (secondary N) is 1. The molecule has 1 atom stereocenters. The summed E-state index contributed by atoms with van der Waals surface area (Å²) in [5, 5.41) is 11.0. The van der Waals surface area contributed by atoms with Crippen LogP contribution < -0.4 is 5.32 Å². The molecule has 5 heteroatoms. The molecular weight excluding hydrogens is 172 g/mol. The minimum atomic E-state index is -0.896. The maximum atomic E-state index is 10.4. The van der Waals surface area contributed by atoms with Crippen molar-refractivity contribution in [1.29, 1.82) is 0 Å². The lowest BCUT2D eigenvalue weighted by Crippen LogP contribution is -2.47. The summed E-state index contributed by atoms with van der Waals surface area (Å²) in [5.41, 5.74) is 0. The predicted molar refractivity (Wildman–Crippen MR) is 48.1 cm³/mol. The highest BCUT2D eigenvalue weighted by molar-refractivity contribution is 5.68. The number of aliphatic carboxylic acids is 1. The van der Waals surface area contributed by atoms with Gasteiger partial charge in [0.15, 0.2) is 0 Å². The van der Waals surface area contributed by atoms with Crippen molar-refractivity contribution in [1.82, 2.24) is 5.32 Å². The molecule has 0 saturated carbocycles. The van der Waals surface area contributed by atoms with E-state index in [4.69, 9.17) is 5.11 Å². The number of hydrogen-bond donors (Lipinski definition) is 2. The van der Waals surface area contributed by atoms with Crippen LogP contribution in [0, 0.1) is 0 Å². The highest BCUT2D eigenvalue weighted by Gasteiger charge is 2.19. The standard InChI is InChI=1S/C8H16N2O3/c1-10(2,3)5-7(9-6-11)4-8(12)13/h6-7H,4-5H2,1-3H3,(H-,9,11,12,13)/p+1/t7-/m0/s1. The topological polar surface area (TPSA) is 66.4 Å². The van der Waals surface area contributed by atoms with E-state index in [1.807, 2.05) is 21.1 Å². The number of quaternary nitrogens is 1. The second-order valence-corrected chi connectivity index (χ2v) is 4.05. The molecule has 0 bridgehead atoms. The maximum absolute atomic E-state index is 10.4. The fraction of sp³-hybridized carbons (Fsp3) is 0.750. The van der Waals surface area contributed by atoms with Crippen molar-refractivity contribution in [3.05, 3.63) is 0 Å². The Hall–Kier alpha value is -1.10. The van der Waals surface area contributed by atoms with Gasteiger partial charge in [-0.05, 0) is 0 Å². The van der Waals surface area contributed by atoms with Gasteiger partial charge in [-0.2, -0.15) is 0 Å². The molecule has 5 nitrogen and oxygen atoms in total. The van der Waals surface area contributed by atoms with Crippen molar-refractivity contribution < 1.29 is 19.2 Å². The minimum absolute atomic E-state index is 0.0335. The third kappa shape index (κ3) is 7.27. The van der Waals surface area contributed by atoms with E-state index in [0.29, 0.717) is 17.4 Å². The summed E-state index contributed by atoms with van der Waals surface area (Å²) in [6, 6.07) is -0.296. The van der Waals surface area contributed by atoms with E-state index in [2.05, 4.69) is 5.32 Å². The summed E-state index contributed by atoms with van der Waals surface area (Å²) >= 11 is 0. The Kier molecular flexibility index (Phi) is 4.40. The van der Waals surface area contributed by atoms with E-state index in [0.717, 1.165) is 0 Å². The zero-order chi connectivity index (χ0) is 10.5. The summed E-state index contributed by atoms with van der Waals surface area (Å²) < 4.78 is 0.624. The molecular formula is C8H17N2O3+. The van der Waals surface area contributed by atoms with Crippen molar-refractivity contribution in [3.63, 3.8) is 0 Å². The summed E-state index contributed by atoms with van der Waals surface area (Å²) in [7, 11) is 5.84. The van der Waals surface area contributed by atoms with Crippen LogP contribution in [0.4, 0.5) is 0 Å². The van der Waals surface area contributed by atoms with Crippen molar-refractivity contribution >= 4 is 12.4 Å². The number of carbonyl (C=O) groups excluding carboxylic acids is 1. The van der Waals surface area contributed by atoms with Crippen LogP contribution in [0.1, 0.15) is 6.42 Å². The van der Waals surface area contributed by atoms with Gasteiger partial charge in [0.05, 0.1) is 40.2 Å². The molecule has 0 rings (SSSR count). The lowest BCUT2D eigenvalue weighted by molar-refractivity contribution is -0.871. The quantitative estimate of drug-likeness (QED) is 0.428. The number of amides is 1. The molecule has 0 aromatic carbocycles. The maximum Gasteiger partial charge on any atom is 0.305 e. The number of carboxylic acid groups (broad SMARTS) is 1. The van der Waals surface area contributed by atoms with Gasteiger partial charge in [0.1, 0.15) is 0 Å². The molecule has 76 valence electrons. The predicted octanol–water partition coefficient (Wildman–Crippen LogP) is -0.718. The first kappa shape index (κ1) is 11.9. The van der Waals surface area contributed by atoms with Crippen LogP contribution in [0.3, 0.4) is 0 Å². The van der Waals surface area contributed by atoms with E-state index >= 15 is 0 Å². The molecule has 0 aliphatic heterocycles. The van der Waals surface area contributed by atoms with Gasteiger partial charge >= 0.3 is 5.97 Å². The molecule has 0 aromatic rings. The lowest BCUT2D eigenvalue weighted by atomic mass is 10.2. The fourth-order valence-electron chi connectivity index (χ4n) is 1.14. The molecule has 13 heavy (non-hydrogen) atoms. The summed E-state index contributed by atoms with van der Waals surface area (Å²) in [6.07, 6.45) is 0.511. The first-order valence-corrected chi connectivity index (χ1v) is 4.07. The van der Waals surface area contributed by atoms with Gasteiger partial charge in [-0.1, -0.05) is 0 Å². The van der Waals surface area contributed by atoms with Crippen LogP contribution in [-0.2, 0) is 9.59 Å². The van der Waals surface area contributed by atoms with Crippen LogP contribution in [0.25, 0.3) is 0 Å². The summed E-state index contributed by atoms with van der Waals surface area (Å²) in [5.74, 6) is -0.896. The van der Waals surface area contributed by atoms with Gasteiger partial charge in [-0.3, -0.25) is 9.59 Å². The fourth-order valence-corrected chi connectivity index (χ4v) is 1.14. The number of rotatable bonds is 6. The Bertz CT molecular complexity index is 186. The van der Waals surface area contributed by atoms with E-state index in [1.54, 1.807) is 0 Å². The zero-order valence-electron chi connectivity index (χ0n) is 8.28. The normalized spacial score (nSPS) is 13.5.